The van der Waals surface area contributed by atoms with E-state index in [1.54, 1.807) is 48.9 Å². The molecule has 0 aliphatic heterocycles. The fraction of sp³-hybridized carbons (Fsp3) is 0.158. The maximum absolute atomic E-state index is 12.8. The molecular formula is C19H17ClN8O2. The quantitative estimate of drug-likeness (QED) is 0.489. The fourth-order valence-electron chi connectivity index (χ4n) is 3.15. The lowest BCUT2D eigenvalue weighted by Crippen LogP contribution is -2.31. The van der Waals surface area contributed by atoms with Gasteiger partial charge in [0.25, 0.3) is 0 Å². The van der Waals surface area contributed by atoms with Crippen LogP contribution in [0.15, 0.2) is 53.8 Å². The third kappa shape index (κ3) is 3.72. The molecule has 30 heavy (non-hydrogen) atoms. The molecule has 11 heteroatoms. The van der Waals surface area contributed by atoms with E-state index in [4.69, 9.17) is 17.3 Å². The number of benzene rings is 1. The van der Waals surface area contributed by atoms with Crippen LogP contribution in [0.5, 0.6) is 0 Å². The van der Waals surface area contributed by atoms with Crippen LogP contribution in [-0.4, -0.2) is 48.9 Å². The van der Waals surface area contributed by atoms with Crippen molar-refractivity contribution in [2.24, 2.45) is 5.73 Å². The normalized spacial score (nSPS) is 11.0. The average Bonchev–Trinajstić information content (AvgIpc) is 3.03. The standard InChI is InChI=1S/C19H17ClN8O2/c1-26(11-16(21)29)17-15(12-2-4-13(20)5-3-12)9-24-28-18(17)25-27(19(28)30)10-14-8-22-6-7-23-14/h2-9H,10-11H2,1H3,(H2,21,29). The third-order valence-corrected chi connectivity index (χ3v) is 4.70. The molecule has 3 aromatic heterocycles. The van der Waals surface area contributed by atoms with Crippen molar-refractivity contribution in [1.82, 2.24) is 29.4 Å². The van der Waals surface area contributed by atoms with Crippen LogP contribution in [0, 0.1) is 0 Å². The lowest BCUT2D eigenvalue weighted by molar-refractivity contribution is -0.116. The maximum Gasteiger partial charge on any atom is 0.367 e. The second-order valence-electron chi connectivity index (χ2n) is 6.61. The molecule has 0 aliphatic rings. The van der Waals surface area contributed by atoms with E-state index in [1.165, 1.54) is 9.20 Å². The zero-order valence-corrected chi connectivity index (χ0v) is 16.7. The highest BCUT2D eigenvalue weighted by atomic mass is 35.5. The van der Waals surface area contributed by atoms with Crippen molar-refractivity contribution in [2.75, 3.05) is 18.5 Å². The SMILES string of the molecule is CN(CC(N)=O)c1c(-c2ccc(Cl)cc2)cnn2c(=O)n(Cc3cnccn3)nc12. The van der Waals surface area contributed by atoms with Crippen molar-refractivity contribution >= 4 is 28.8 Å². The molecule has 0 bridgehead atoms. The summed E-state index contributed by atoms with van der Waals surface area (Å²) in [5.41, 5.74) is 7.85. The van der Waals surface area contributed by atoms with E-state index in [0.29, 0.717) is 27.6 Å². The van der Waals surface area contributed by atoms with E-state index >= 15 is 0 Å². The lowest BCUT2D eigenvalue weighted by Gasteiger charge is -2.21. The van der Waals surface area contributed by atoms with Crippen molar-refractivity contribution in [3.8, 4) is 11.1 Å². The molecule has 152 valence electrons. The summed E-state index contributed by atoms with van der Waals surface area (Å²) < 4.78 is 2.43. The Morgan fingerprint density at radius 3 is 2.63 bits per heavy atom. The number of rotatable bonds is 6. The van der Waals surface area contributed by atoms with Crippen molar-refractivity contribution in [3.63, 3.8) is 0 Å². The van der Waals surface area contributed by atoms with Gasteiger partial charge in [-0.3, -0.25) is 14.8 Å². The van der Waals surface area contributed by atoms with Gasteiger partial charge in [-0.15, -0.1) is 5.10 Å². The van der Waals surface area contributed by atoms with Crippen LogP contribution in [0.1, 0.15) is 5.69 Å². The number of nitrogens with two attached hydrogens (primary N) is 1. The molecule has 0 atom stereocenters. The predicted octanol–water partition coefficient (Wildman–Crippen LogP) is 0.971. The van der Waals surface area contributed by atoms with Gasteiger partial charge < -0.3 is 10.6 Å². The molecule has 4 rings (SSSR count). The molecule has 4 aromatic rings. The molecule has 10 nitrogen and oxygen atoms in total. The number of carbonyl (C=O) groups excluding carboxylic acids is 1. The molecule has 0 saturated heterocycles. The Bertz CT molecular complexity index is 1270. The Morgan fingerprint density at radius 1 is 1.20 bits per heavy atom. The minimum atomic E-state index is -0.518. The van der Waals surface area contributed by atoms with Crippen LogP contribution in [-0.2, 0) is 11.3 Å². The first-order chi connectivity index (χ1) is 14.4. The van der Waals surface area contributed by atoms with Gasteiger partial charge in [-0.2, -0.15) is 9.61 Å². The van der Waals surface area contributed by atoms with Crippen molar-refractivity contribution in [1.29, 1.82) is 0 Å². The Labute approximate surface area is 175 Å². The summed E-state index contributed by atoms with van der Waals surface area (Å²) in [5.74, 6) is -0.518. The Kier molecular flexibility index (Phi) is 5.15. The van der Waals surface area contributed by atoms with Gasteiger partial charge in [0.05, 0.1) is 36.9 Å². The highest BCUT2D eigenvalue weighted by Crippen LogP contribution is 2.32. The van der Waals surface area contributed by atoms with Crippen LogP contribution in [0.4, 0.5) is 5.69 Å². The first-order valence-electron chi connectivity index (χ1n) is 8.93. The zero-order chi connectivity index (χ0) is 21.3. The number of hydrogen-bond acceptors (Lipinski definition) is 7. The lowest BCUT2D eigenvalue weighted by atomic mass is 10.1. The van der Waals surface area contributed by atoms with Gasteiger partial charge >= 0.3 is 5.69 Å². The van der Waals surface area contributed by atoms with Crippen LogP contribution in [0.3, 0.4) is 0 Å². The molecular weight excluding hydrogens is 408 g/mol. The highest BCUT2D eigenvalue weighted by Gasteiger charge is 2.21. The van der Waals surface area contributed by atoms with E-state index in [0.717, 1.165) is 5.56 Å². The monoisotopic (exact) mass is 424 g/mol. The van der Waals surface area contributed by atoms with Gasteiger partial charge in [0.2, 0.25) is 11.6 Å². The minimum Gasteiger partial charge on any atom is -0.368 e. The third-order valence-electron chi connectivity index (χ3n) is 4.45. The van der Waals surface area contributed by atoms with Gasteiger partial charge in [-0.1, -0.05) is 23.7 Å². The number of likely N-dealkylation sites (N-methyl/N-ethyl adjacent to an activating group) is 1. The average molecular weight is 425 g/mol. The Balaban J connectivity index is 1.91. The van der Waals surface area contributed by atoms with E-state index in [9.17, 15) is 9.59 Å². The summed E-state index contributed by atoms with van der Waals surface area (Å²) in [7, 11) is 1.70. The maximum atomic E-state index is 12.8. The summed E-state index contributed by atoms with van der Waals surface area (Å²) in [6, 6.07) is 7.15. The highest BCUT2D eigenvalue weighted by molar-refractivity contribution is 6.30. The van der Waals surface area contributed by atoms with Crippen molar-refractivity contribution < 1.29 is 4.79 Å². The van der Waals surface area contributed by atoms with E-state index in [2.05, 4.69) is 20.2 Å². The number of nitrogens with zero attached hydrogens (tertiary/aromatic N) is 7. The summed E-state index contributed by atoms with van der Waals surface area (Å²) >= 11 is 6.01. The second-order valence-corrected chi connectivity index (χ2v) is 7.04. The molecule has 3 heterocycles. The topological polar surface area (TPSA) is 124 Å². The predicted molar refractivity (Wildman–Crippen MR) is 111 cm³/mol. The first-order valence-corrected chi connectivity index (χ1v) is 9.31. The van der Waals surface area contributed by atoms with Gasteiger partial charge in [0.15, 0.2) is 0 Å². The summed E-state index contributed by atoms with van der Waals surface area (Å²) in [5, 5.41) is 9.32. The zero-order valence-electron chi connectivity index (χ0n) is 15.9. The number of fused-ring (bicyclic) bond motifs is 1. The summed E-state index contributed by atoms with van der Waals surface area (Å²) in [4.78, 5) is 34.2. The molecule has 2 N–H and O–H groups in total. The van der Waals surface area contributed by atoms with Crippen molar-refractivity contribution in [2.45, 2.75) is 6.54 Å². The van der Waals surface area contributed by atoms with Crippen LogP contribution >= 0.6 is 11.6 Å². The van der Waals surface area contributed by atoms with E-state index < -0.39 is 11.6 Å². The van der Waals surface area contributed by atoms with E-state index in [-0.39, 0.29) is 13.1 Å². The minimum absolute atomic E-state index is 0.0640. The molecule has 1 aromatic carbocycles. The molecule has 0 radical (unpaired) electrons. The smallest absolute Gasteiger partial charge is 0.367 e. The molecule has 0 fully saturated rings. The van der Waals surface area contributed by atoms with Crippen LogP contribution < -0.4 is 16.3 Å². The summed E-state index contributed by atoms with van der Waals surface area (Å²) in [6.45, 7) is 0.0662. The Morgan fingerprint density at radius 2 is 1.97 bits per heavy atom. The first kappa shape index (κ1) is 19.5. The molecule has 1 amide bonds. The van der Waals surface area contributed by atoms with Gasteiger partial charge in [-0.05, 0) is 17.7 Å². The molecule has 0 aliphatic carbocycles. The second kappa shape index (κ2) is 7.91. The number of halogens is 1. The largest absolute Gasteiger partial charge is 0.368 e. The number of carbonyl (C=O) groups is 1. The van der Waals surface area contributed by atoms with Crippen LogP contribution in [0.2, 0.25) is 5.02 Å². The summed E-state index contributed by atoms with van der Waals surface area (Å²) in [6.07, 6.45) is 6.20. The van der Waals surface area contributed by atoms with Gasteiger partial charge in [0, 0.05) is 30.0 Å². The number of aromatic nitrogens is 6. The van der Waals surface area contributed by atoms with Gasteiger partial charge in [0.1, 0.15) is 0 Å². The van der Waals surface area contributed by atoms with E-state index in [1.807, 2.05) is 12.1 Å². The number of anilines is 1. The molecule has 0 spiro atoms. The Hall–Kier alpha value is -3.79. The number of amides is 1. The van der Waals surface area contributed by atoms with Crippen LogP contribution in [0.25, 0.3) is 16.8 Å². The fourth-order valence-corrected chi connectivity index (χ4v) is 3.27. The number of hydrogen-bond donors (Lipinski definition) is 1. The molecule has 0 unspecified atom stereocenters. The van der Waals surface area contributed by atoms with Gasteiger partial charge in [-0.25, -0.2) is 9.48 Å². The number of primary amides is 1. The van der Waals surface area contributed by atoms with Crippen molar-refractivity contribution in [3.05, 3.63) is 70.3 Å². The molecule has 0 saturated carbocycles.